The van der Waals surface area contributed by atoms with Crippen LogP contribution in [0.2, 0.25) is 0 Å². The minimum Gasteiger partial charge on any atom is -0.352 e. The molecule has 1 aliphatic heterocycles. The molecule has 1 N–H and O–H groups in total. The Labute approximate surface area is 104 Å². The van der Waals surface area contributed by atoms with Crippen LogP contribution in [0.5, 0.6) is 0 Å². The highest BCUT2D eigenvalue weighted by Crippen LogP contribution is 2.19. The van der Waals surface area contributed by atoms with E-state index in [1.165, 1.54) is 12.8 Å². The summed E-state index contributed by atoms with van der Waals surface area (Å²) in [4.78, 5) is 16.4. The zero-order chi connectivity index (χ0) is 12.5. The summed E-state index contributed by atoms with van der Waals surface area (Å²) in [5, 5.41) is 3.05. The van der Waals surface area contributed by atoms with Gasteiger partial charge in [-0.05, 0) is 33.6 Å². The summed E-state index contributed by atoms with van der Waals surface area (Å²) in [7, 11) is 0. The molecule has 4 heteroatoms. The lowest BCUT2D eigenvalue weighted by Gasteiger charge is -2.42. The number of rotatable bonds is 3. The molecule has 0 unspecified atom stereocenters. The number of nitrogens with zero attached hydrogens (tertiary/aromatic N) is 2. The van der Waals surface area contributed by atoms with Gasteiger partial charge in [0.2, 0.25) is 5.91 Å². The maximum atomic E-state index is 11.7. The minimum atomic E-state index is 0.205. The van der Waals surface area contributed by atoms with Crippen LogP contribution in [0.3, 0.4) is 0 Å². The highest BCUT2D eigenvalue weighted by atomic mass is 16.2. The van der Waals surface area contributed by atoms with Gasteiger partial charge < -0.3 is 5.32 Å². The number of carbonyl (C=O) groups is 1. The average molecular weight is 239 g/mol. The third-order valence-electron chi connectivity index (χ3n) is 3.63. The summed E-state index contributed by atoms with van der Waals surface area (Å²) in [5.74, 6) is 0.205. The van der Waals surface area contributed by atoms with Crippen molar-refractivity contribution in [1.29, 1.82) is 0 Å². The number of piperazine rings is 1. The van der Waals surface area contributed by atoms with Gasteiger partial charge in [-0.1, -0.05) is 0 Å². The summed E-state index contributed by atoms with van der Waals surface area (Å²) < 4.78 is 0. The lowest BCUT2D eigenvalue weighted by molar-refractivity contribution is -0.123. The molecule has 0 atom stereocenters. The highest BCUT2D eigenvalue weighted by Gasteiger charge is 2.28. The van der Waals surface area contributed by atoms with Gasteiger partial charge in [-0.15, -0.1) is 0 Å². The highest BCUT2D eigenvalue weighted by molar-refractivity contribution is 5.78. The van der Waals surface area contributed by atoms with Crippen LogP contribution >= 0.6 is 0 Å². The molecule has 2 aliphatic rings. The van der Waals surface area contributed by atoms with Crippen LogP contribution in [0.1, 0.15) is 33.6 Å². The van der Waals surface area contributed by atoms with E-state index in [1.807, 2.05) is 0 Å². The van der Waals surface area contributed by atoms with Gasteiger partial charge in [0.15, 0.2) is 0 Å². The van der Waals surface area contributed by atoms with E-state index < -0.39 is 0 Å². The van der Waals surface area contributed by atoms with E-state index >= 15 is 0 Å². The first-order valence-electron chi connectivity index (χ1n) is 6.72. The van der Waals surface area contributed by atoms with Gasteiger partial charge in [0, 0.05) is 37.8 Å². The second kappa shape index (κ2) is 4.94. The first kappa shape index (κ1) is 12.8. The summed E-state index contributed by atoms with van der Waals surface area (Å²) in [5.41, 5.74) is 0.252. The standard InChI is InChI=1S/C13H25N3O/c1-13(2,3)16-8-6-15(7-9-16)10-12(17)14-11-4-5-11/h11H,4-10H2,1-3H3,(H,14,17). The zero-order valence-corrected chi connectivity index (χ0v) is 11.3. The minimum absolute atomic E-state index is 0.205. The number of amides is 1. The van der Waals surface area contributed by atoms with Crippen molar-refractivity contribution >= 4 is 5.91 Å². The molecule has 0 aromatic carbocycles. The molecule has 0 bridgehead atoms. The Hall–Kier alpha value is -0.610. The first-order chi connectivity index (χ1) is 7.95. The molecular weight excluding hydrogens is 214 g/mol. The van der Waals surface area contributed by atoms with E-state index in [9.17, 15) is 4.79 Å². The molecular formula is C13H25N3O. The van der Waals surface area contributed by atoms with E-state index in [0.29, 0.717) is 12.6 Å². The molecule has 2 fully saturated rings. The van der Waals surface area contributed by atoms with Gasteiger partial charge in [0.05, 0.1) is 6.54 Å². The van der Waals surface area contributed by atoms with Crippen LogP contribution in [0, 0.1) is 0 Å². The Bertz CT molecular complexity index is 273. The molecule has 0 spiro atoms. The molecule has 0 radical (unpaired) electrons. The average Bonchev–Trinajstić information content (AvgIpc) is 3.01. The van der Waals surface area contributed by atoms with Crippen LogP contribution in [0.15, 0.2) is 0 Å². The van der Waals surface area contributed by atoms with Gasteiger partial charge in [-0.2, -0.15) is 0 Å². The van der Waals surface area contributed by atoms with Crippen molar-refractivity contribution in [1.82, 2.24) is 15.1 Å². The smallest absolute Gasteiger partial charge is 0.234 e. The zero-order valence-electron chi connectivity index (χ0n) is 11.3. The predicted molar refractivity (Wildman–Crippen MR) is 68.9 cm³/mol. The third kappa shape index (κ3) is 3.96. The third-order valence-corrected chi connectivity index (χ3v) is 3.63. The van der Waals surface area contributed by atoms with Crippen molar-refractivity contribution in [2.45, 2.75) is 45.2 Å². The Morgan fingerprint density at radius 3 is 2.24 bits per heavy atom. The number of nitrogens with one attached hydrogen (secondary N) is 1. The summed E-state index contributed by atoms with van der Waals surface area (Å²) in [6, 6.07) is 0.485. The Morgan fingerprint density at radius 2 is 1.76 bits per heavy atom. The van der Waals surface area contributed by atoms with Crippen LogP contribution in [-0.4, -0.2) is 60.0 Å². The molecule has 1 saturated heterocycles. The Morgan fingerprint density at radius 1 is 1.18 bits per heavy atom. The number of hydrogen-bond donors (Lipinski definition) is 1. The van der Waals surface area contributed by atoms with Crippen molar-refractivity contribution in [2.75, 3.05) is 32.7 Å². The number of hydrogen-bond acceptors (Lipinski definition) is 3. The summed E-state index contributed by atoms with van der Waals surface area (Å²) in [6.07, 6.45) is 2.34. The lowest BCUT2D eigenvalue weighted by Crippen LogP contribution is -2.54. The predicted octanol–water partition coefficient (Wildman–Crippen LogP) is 0.681. The van der Waals surface area contributed by atoms with Crippen molar-refractivity contribution < 1.29 is 4.79 Å². The largest absolute Gasteiger partial charge is 0.352 e. The van der Waals surface area contributed by atoms with Gasteiger partial charge in [0.1, 0.15) is 0 Å². The normalized spacial score (nSPS) is 23.7. The van der Waals surface area contributed by atoms with Gasteiger partial charge in [-0.3, -0.25) is 14.6 Å². The van der Waals surface area contributed by atoms with Gasteiger partial charge in [0.25, 0.3) is 0 Å². The maximum absolute atomic E-state index is 11.7. The van der Waals surface area contributed by atoms with Crippen molar-refractivity contribution in [3.8, 4) is 0 Å². The van der Waals surface area contributed by atoms with Crippen LogP contribution in [0.4, 0.5) is 0 Å². The van der Waals surface area contributed by atoms with Crippen LogP contribution in [-0.2, 0) is 4.79 Å². The fourth-order valence-electron chi connectivity index (χ4n) is 2.28. The number of carbonyl (C=O) groups excluding carboxylic acids is 1. The van der Waals surface area contributed by atoms with Crippen LogP contribution in [0.25, 0.3) is 0 Å². The lowest BCUT2D eigenvalue weighted by atomic mass is 10.1. The molecule has 4 nitrogen and oxygen atoms in total. The second-order valence-corrected chi connectivity index (χ2v) is 6.28. The summed E-state index contributed by atoms with van der Waals surface area (Å²) in [6.45, 7) is 11.5. The van der Waals surface area contributed by atoms with E-state index in [4.69, 9.17) is 0 Å². The maximum Gasteiger partial charge on any atom is 0.234 e. The molecule has 0 aromatic rings. The first-order valence-corrected chi connectivity index (χ1v) is 6.72. The van der Waals surface area contributed by atoms with E-state index in [2.05, 4.69) is 35.9 Å². The quantitative estimate of drug-likeness (QED) is 0.787. The van der Waals surface area contributed by atoms with Gasteiger partial charge in [-0.25, -0.2) is 0 Å². The van der Waals surface area contributed by atoms with E-state index in [0.717, 1.165) is 26.2 Å². The SMILES string of the molecule is CC(C)(C)N1CCN(CC(=O)NC2CC2)CC1. The molecule has 1 saturated carbocycles. The van der Waals surface area contributed by atoms with Crippen molar-refractivity contribution in [2.24, 2.45) is 0 Å². The molecule has 98 valence electrons. The molecule has 1 amide bonds. The van der Waals surface area contributed by atoms with Crippen molar-refractivity contribution in [3.63, 3.8) is 0 Å². The molecule has 2 rings (SSSR count). The monoisotopic (exact) mass is 239 g/mol. The topological polar surface area (TPSA) is 35.6 Å². The second-order valence-electron chi connectivity index (χ2n) is 6.28. The van der Waals surface area contributed by atoms with E-state index in [1.54, 1.807) is 0 Å². The van der Waals surface area contributed by atoms with Crippen molar-refractivity contribution in [3.05, 3.63) is 0 Å². The summed E-state index contributed by atoms with van der Waals surface area (Å²) >= 11 is 0. The Balaban J connectivity index is 1.69. The molecule has 0 aromatic heterocycles. The Kier molecular flexibility index (Phi) is 3.73. The van der Waals surface area contributed by atoms with Crippen LogP contribution < -0.4 is 5.32 Å². The fourth-order valence-corrected chi connectivity index (χ4v) is 2.28. The molecule has 1 heterocycles. The molecule has 17 heavy (non-hydrogen) atoms. The van der Waals surface area contributed by atoms with Gasteiger partial charge >= 0.3 is 0 Å². The van der Waals surface area contributed by atoms with E-state index in [-0.39, 0.29) is 11.4 Å². The fraction of sp³-hybridized carbons (Fsp3) is 0.923. The molecule has 1 aliphatic carbocycles.